The van der Waals surface area contributed by atoms with Gasteiger partial charge in [0.2, 0.25) is 0 Å². The van der Waals surface area contributed by atoms with Crippen LogP contribution in [0.15, 0.2) is 0 Å². The van der Waals surface area contributed by atoms with Crippen molar-refractivity contribution in [2.45, 2.75) is 44.9 Å². The molecule has 0 atom stereocenters. The third-order valence-electron chi connectivity index (χ3n) is 2.94. The molecule has 1 saturated carbocycles. The molecule has 2 aliphatic rings. The fourth-order valence-corrected chi connectivity index (χ4v) is 1.99. The van der Waals surface area contributed by atoms with E-state index in [1.165, 1.54) is 58.0 Å². The average molecular weight is 185 g/mol. The van der Waals surface area contributed by atoms with Crippen molar-refractivity contribution in [1.82, 2.24) is 5.32 Å². The highest BCUT2D eigenvalue weighted by molar-refractivity contribution is 4.63. The summed E-state index contributed by atoms with van der Waals surface area (Å²) < 4.78 is 0. The van der Waals surface area contributed by atoms with Gasteiger partial charge in [0.05, 0.1) is 0 Å². The summed E-state index contributed by atoms with van der Waals surface area (Å²) in [5, 5.41) is 11.9. The van der Waals surface area contributed by atoms with Gasteiger partial charge in [-0.15, -0.1) is 0 Å². The first kappa shape index (κ1) is 11.0. The van der Waals surface area contributed by atoms with E-state index >= 15 is 0 Å². The van der Waals surface area contributed by atoms with Gasteiger partial charge in [0, 0.05) is 6.61 Å². The molecular weight excluding hydrogens is 162 g/mol. The molecule has 2 rings (SSSR count). The first-order valence-corrected chi connectivity index (χ1v) is 5.75. The molecule has 0 aromatic heterocycles. The number of hydrogen-bond acceptors (Lipinski definition) is 2. The SMILES string of the molecule is C1CCNC1.OCC1CCCCC1. The van der Waals surface area contributed by atoms with Gasteiger partial charge in [0.25, 0.3) is 0 Å². The molecule has 1 heterocycles. The Bertz CT molecular complexity index is 99.0. The van der Waals surface area contributed by atoms with Crippen molar-refractivity contribution in [2.24, 2.45) is 5.92 Å². The summed E-state index contributed by atoms with van der Waals surface area (Å²) in [5.74, 6) is 0.642. The van der Waals surface area contributed by atoms with Gasteiger partial charge >= 0.3 is 0 Å². The summed E-state index contributed by atoms with van der Waals surface area (Å²) >= 11 is 0. The molecule has 1 saturated heterocycles. The molecule has 0 bridgehead atoms. The van der Waals surface area contributed by atoms with Crippen molar-refractivity contribution in [3.05, 3.63) is 0 Å². The molecule has 1 aliphatic carbocycles. The van der Waals surface area contributed by atoms with Crippen molar-refractivity contribution in [3.63, 3.8) is 0 Å². The normalized spacial score (nSPS) is 23.8. The minimum absolute atomic E-state index is 0.417. The summed E-state index contributed by atoms with van der Waals surface area (Å²) in [6, 6.07) is 0. The zero-order valence-electron chi connectivity index (χ0n) is 8.60. The molecule has 1 aliphatic heterocycles. The molecule has 0 amide bonds. The Morgan fingerprint density at radius 2 is 1.54 bits per heavy atom. The maximum Gasteiger partial charge on any atom is 0.0459 e. The number of nitrogens with one attached hydrogen (secondary N) is 1. The highest BCUT2D eigenvalue weighted by Crippen LogP contribution is 2.22. The Balaban J connectivity index is 0.000000145. The van der Waals surface area contributed by atoms with E-state index in [9.17, 15) is 0 Å². The summed E-state index contributed by atoms with van der Waals surface area (Å²) in [5.41, 5.74) is 0. The molecule has 2 heteroatoms. The fourth-order valence-electron chi connectivity index (χ4n) is 1.99. The van der Waals surface area contributed by atoms with Crippen LogP contribution in [0.4, 0.5) is 0 Å². The Morgan fingerprint density at radius 1 is 0.923 bits per heavy atom. The molecule has 2 nitrogen and oxygen atoms in total. The predicted octanol–water partition coefficient (Wildman–Crippen LogP) is 1.93. The van der Waals surface area contributed by atoms with Gasteiger partial charge in [0.1, 0.15) is 0 Å². The smallest absolute Gasteiger partial charge is 0.0459 e. The summed E-state index contributed by atoms with van der Waals surface area (Å²) in [6.07, 6.45) is 9.36. The second-order valence-corrected chi connectivity index (χ2v) is 4.14. The number of rotatable bonds is 1. The molecule has 2 N–H and O–H groups in total. The van der Waals surface area contributed by atoms with Gasteiger partial charge in [-0.1, -0.05) is 19.3 Å². The van der Waals surface area contributed by atoms with Gasteiger partial charge < -0.3 is 10.4 Å². The molecule has 0 aromatic carbocycles. The summed E-state index contributed by atoms with van der Waals surface area (Å²) in [7, 11) is 0. The van der Waals surface area contributed by atoms with E-state index in [1.807, 2.05) is 0 Å². The molecule has 0 spiro atoms. The Kier molecular flexibility index (Phi) is 6.21. The van der Waals surface area contributed by atoms with Crippen LogP contribution in [0.25, 0.3) is 0 Å². The lowest BCUT2D eigenvalue weighted by Crippen LogP contribution is -2.09. The van der Waals surface area contributed by atoms with Crippen molar-refractivity contribution in [2.75, 3.05) is 19.7 Å². The number of aliphatic hydroxyl groups excluding tert-OH is 1. The van der Waals surface area contributed by atoms with Gasteiger partial charge in [-0.25, -0.2) is 0 Å². The van der Waals surface area contributed by atoms with Crippen LogP contribution in [-0.2, 0) is 0 Å². The van der Waals surface area contributed by atoms with Crippen molar-refractivity contribution in [1.29, 1.82) is 0 Å². The first-order chi connectivity index (χ1) is 6.43. The maximum atomic E-state index is 8.69. The van der Waals surface area contributed by atoms with Crippen LogP contribution in [0.2, 0.25) is 0 Å². The summed E-state index contributed by atoms with van der Waals surface area (Å²) in [6.45, 7) is 2.92. The van der Waals surface area contributed by atoms with Crippen LogP contribution in [0.1, 0.15) is 44.9 Å². The van der Waals surface area contributed by atoms with Crippen LogP contribution < -0.4 is 5.32 Å². The second kappa shape index (κ2) is 7.34. The van der Waals surface area contributed by atoms with Crippen molar-refractivity contribution >= 4 is 0 Å². The van der Waals surface area contributed by atoms with Crippen LogP contribution in [-0.4, -0.2) is 24.8 Å². The van der Waals surface area contributed by atoms with Crippen molar-refractivity contribution in [3.8, 4) is 0 Å². The van der Waals surface area contributed by atoms with Crippen LogP contribution >= 0.6 is 0 Å². The molecule has 13 heavy (non-hydrogen) atoms. The Hall–Kier alpha value is -0.0800. The number of hydrogen-bond donors (Lipinski definition) is 2. The minimum Gasteiger partial charge on any atom is -0.396 e. The molecule has 0 radical (unpaired) electrons. The summed E-state index contributed by atoms with van der Waals surface area (Å²) in [4.78, 5) is 0. The largest absolute Gasteiger partial charge is 0.396 e. The first-order valence-electron chi connectivity index (χ1n) is 5.75. The van der Waals surface area contributed by atoms with Crippen LogP contribution in [0.3, 0.4) is 0 Å². The zero-order chi connectivity index (χ0) is 9.36. The molecule has 0 unspecified atom stereocenters. The third kappa shape index (κ3) is 5.27. The van der Waals surface area contributed by atoms with Gasteiger partial charge in [-0.05, 0) is 44.7 Å². The lowest BCUT2D eigenvalue weighted by Gasteiger charge is -2.18. The highest BCUT2D eigenvalue weighted by atomic mass is 16.3. The van der Waals surface area contributed by atoms with Crippen LogP contribution in [0.5, 0.6) is 0 Å². The molecule has 78 valence electrons. The van der Waals surface area contributed by atoms with E-state index in [0.717, 1.165) is 0 Å². The minimum atomic E-state index is 0.417. The zero-order valence-corrected chi connectivity index (χ0v) is 8.60. The third-order valence-corrected chi connectivity index (χ3v) is 2.94. The monoisotopic (exact) mass is 185 g/mol. The molecule has 2 fully saturated rings. The van der Waals surface area contributed by atoms with Gasteiger partial charge in [0.15, 0.2) is 0 Å². The van der Waals surface area contributed by atoms with Crippen molar-refractivity contribution < 1.29 is 5.11 Å². The lowest BCUT2D eigenvalue weighted by atomic mass is 9.90. The maximum absolute atomic E-state index is 8.69. The number of aliphatic hydroxyl groups is 1. The Morgan fingerprint density at radius 3 is 1.85 bits per heavy atom. The van der Waals surface area contributed by atoms with E-state index in [4.69, 9.17) is 5.11 Å². The second-order valence-electron chi connectivity index (χ2n) is 4.14. The highest BCUT2D eigenvalue weighted by Gasteiger charge is 2.10. The Labute approximate surface area is 81.7 Å². The van der Waals surface area contributed by atoms with E-state index < -0.39 is 0 Å². The molecular formula is C11H23NO. The van der Waals surface area contributed by atoms with Gasteiger partial charge in [-0.2, -0.15) is 0 Å². The average Bonchev–Trinajstić information content (AvgIpc) is 2.77. The fraction of sp³-hybridized carbons (Fsp3) is 1.00. The lowest BCUT2D eigenvalue weighted by molar-refractivity contribution is 0.190. The standard InChI is InChI=1S/C7H14O.C4H9N/c8-6-7-4-2-1-3-5-7;1-2-4-5-3-1/h7-8H,1-6H2;5H,1-4H2. The van der Waals surface area contributed by atoms with E-state index in [-0.39, 0.29) is 0 Å². The van der Waals surface area contributed by atoms with E-state index in [1.54, 1.807) is 0 Å². The predicted molar refractivity (Wildman–Crippen MR) is 55.8 cm³/mol. The quantitative estimate of drug-likeness (QED) is 0.654. The molecule has 0 aromatic rings. The van der Waals surface area contributed by atoms with E-state index in [0.29, 0.717) is 12.5 Å². The topological polar surface area (TPSA) is 32.3 Å². The van der Waals surface area contributed by atoms with E-state index in [2.05, 4.69) is 5.32 Å². The van der Waals surface area contributed by atoms with Gasteiger partial charge in [-0.3, -0.25) is 0 Å². The van der Waals surface area contributed by atoms with Crippen LogP contribution in [0, 0.1) is 5.92 Å².